The third kappa shape index (κ3) is 4.43. The molecule has 0 atom stereocenters. The number of nitrogens with zero attached hydrogens (tertiary/aromatic N) is 1. The van der Waals surface area contributed by atoms with Gasteiger partial charge in [-0.15, -0.1) is 11.3 Å². The molecule has 0 spiro atoms. The molecule has 0 saturated heterocycles. The summed E-state index contributed by atoms with van der Waals surface area (Å²) in [5.74, 6) is -0.770. The number of nitrogens with one attached hydrogen (secondary N) is 1. The lowest BCUT2D eigenvalue weighted by molar-refractivity contribution is -0.142. The van der Waals surface area contributed by atoms with Crippen LogP contribution in [0.4, 0.5) is 5.13 Å². The van der Waals surface area contributed by atoms with Gasteiger partial charge >= 0.3 is 5.97 Å². The number of hydrogen-bond donors (Lipinski definition) is 1. The maximum absolute atomic E-state index is 12.1. The Hall–Kier alpha value is -1.63. The maximum Gasteiger partial charge on any atom is 0.311 e. The predicted molar refractivity (Wildman–Crippen MR) is 86.9 cm³/mol. The van der Waals surface area contributed by atoms with Gasteiger partial charge in [0.25, 0.3) is 5.91 Å². The van der Waals surface area contributed by atoms with E-state index in [4.69, 9.17) is 27.9 Å². The lowest BCUT2D eigenvalue weighted by Gasteiger charge is -2.04. The second-order valence-corrected chi connectivity index (χ2v) is 5.91. The first kappa shape index (κ1) is 16.7. The summed E-state index contributed by atoms with van der Waals surface area (Å²) in [6, 6.07) is 4.63. The summed E-state index contributed by atoms with van der Waals surface area (Å²) in [6.45, 7) is 2.05. The van der Waals surface area contributed by atoms with Gasteiger partial charge in [0.05, 0.1) is 29.3 Å². The van der Waals surface area contributed by atoms with Gasteiger partial charge in [-0.05, 0) is 25.1 Å². The zero-order chi connectivity index (χ0) is 16.1. The minimum atomic E-state index is -0.412. The Morgan fingerprint density at radius 2 is 2.14 bits per heavy atom. The zero-order valence-electron chi connectivity index (χ0n) is 11.6. The topological polar surface area (TPSA) is 68.3 Å². The number of thiazole rings is 1. The Morgan fingerprint density at radius 1 is 1.36 bits per heavy atom. The third-order valence-corrected chi connectivity index (χ3v) is 3.95. The van der Waals surface area contributed by atoms with E-state index in [9.17, 15) is 9.59 Å². The SMILES string of the molecule is CCOC(=O)Cc1csc(NC(=O)c2cc(Cl)ccc2Cl)n1. The van der Waals surface area contributed by atoms with Crippen LogP contribution in [-0.4, -0.2) is 23.5 Å². The van der Waals surface area contributed by atoms with E-state index in [0.717, 1.165) is 0 Å². The highest BCUT2D eigenvalue weighted by molar-refractivity contribution is 7.14. The van der Waals surface area contributed by atoms with E-state index in [1.807, 2.05) is 0 Å². The molecule has 5 nitrogen and oxygen atoms in total. The molecule has 0 saturated carbocycles. The molecule has 0 aliphatic carbocycles. The van der Waals surface area contributed by atoms with Crippen LogP contribution in [0.1, 0.15) is 23.0 Å². The van der Waals surface area contributed by atoms with Crippen molar-refractivity contribution in [1.82, 2.24) is 4.98 Å². The van der Waals surface area contributed by atoms with Crippen LogP contribution < -0.4 is 5.32 Å². The fourth-order valence-electron chi connectivity index (χ4n) is 1.64. The fourth-order valence-corrected chi connectivity index (χ4v) is 2.72. The van der Waals surface area contributed by atoms with E-state index in [1.165, 1.54) is 17.4 Å². The van der Waals surface area contributed by atoms with Gasteiger partial charge in [0.15, 0.2) is 5.13 Å². The van der Waals surface area contributed by atoms with Crippen molar-refractivity contribution in [3.8, 4) is 0 Å². The van der Waals surface area contributed by atoms with Gasteiger partial charge in [0.2, 0.25) is 0 Å². The molecule has 0 aliphatic heterocycles. The number of rotatable bonds is 5. The molecule has 116 valence electrons. The Labute approximate surface area is 141 Å². The number of amides is 1. The van der Waals surface area contributed by atoms with Gasteiger partial charge in [0, 0.05) is 10.4 Å². The van der Waals surface area contributed by atoms with E-state index in [0.29, 0.717) is 27.5 Å². The molecular weight excluding hydrogens is 347 g/mol. The van der Waals surface area contributed by atoms with Crippen LogP contribution in [0.3, 0.4) is 0 Å². The molecule has 0 fully saturated rings. The number of benzene rings is 1. The van der Waals surface area contributed by atoms with Gasteiger partial charge in [-0.1, -0.05) is 23.2 Å². The molecule has 0 radical (unpaired) electrons. The summed E-state index contributed by atoms with van der Waals surface area (Å²) in [4.78, 5) is 27.7. The molecule has 1 heterocycles. The van der Waals surface area contributed by atoms with Crippen molar-refractivity contribution in [2.24, 2.45) is 0 Å². The van der Waals surface area contributed by atoms with E-state index < -0.39 is 5.91 Å². The predicted octanol–water partition coefficient (Wildman–Crippen LogP) is 3.81. The van der Waals surface area contributed by atoms with Crippen molar-refractivity contribution in [2.45, 2.75) is 13.3 Å². The molecule has 1 amide bonds. The van der Waals surface area contributed by atoms with Crippen LogP contribution in [0.15, 0.2) is 23.6 Å². The van der Waals surface area contributed by atoms with E-state index in [2.05, 4.69) is 10.3 Å². The molecule has 1 N–H and O–H groups in total. The minimum Gasteiger partial charge on any atom is -0.466 e. The largest absolute Gasteiger partial charge is 0.466 e. The number of hydrogen-bond acceptors (Lipinski definition) is 5. The van der Waals surface area contributed by atoms with E-state index >= 15 is 0 Å². The standard InChI is InChI=1S/C14H12Cl2N2O3S/c1-2-21-12(19)6-9-7-22-14(17-9)18-13(20)10-5-8(15)3-4-11(10)16/h3-5,7H,2,6H2,1H3,(H,17,18,20). The average molecular weight is 359 g/mol. The van der Waals surface area contributed by atoms with Crippen molar-refractivity contribution in [2.75, 3.05) is 11.9 Å². The van der Waals surface area contributed by atoms with Gasteiger partial charge < -0.3 is 4.74 Å². The van der Waals surface area contributed by atoms with Crippen LogP contribution in [0.5, 0.6) is 0 Å². The fraction of sp³-hybridized carbons (Fsp3) is 0.214. The number of anilines is 1. The molecule has 8 heteroatoms. The zero-order valence-corrected chi connectivity index (χ0v) is 13.9. The summed E-state index contributed by atoms with van der Waals surface area (Å²) in [5, 5.41) is 5.40. The highest BCUT2D eigenvalue weighted by Crippen LogP contribution is 2.23. The average Bonchev–Trinajstić information content (AvgIpc) is 2.88. The lowest BCUT2D eigenvalue weighted by atomic mass is 10.2. The molecule has 0 unspecified atom stereocenters. The highest BCUT2D eigenvalue weighted by Gasteiger charge is 2.14. The monoisotopic (exact) mass is 358 g/mol. The van der Waals surface area contributed by atoms with Gasteiger partial charge in [-0.2, -0.15) is 0 Å². The number of carbonyl (C=O) groups excluding carboxylic acids is 2. The molecule has 2 aromatic rings. The molecule has 1 aromatic carbocycles. The van der Waals surface area contributed by atoms with E-state index in [1.54, 1.807) is 24.4 Å². The van der Waals surface area contributed by atoms with Crippen LogP contribution in [0.25, 0.3) is 0 Å². The van der Waals surface area contributed by atoms with Crippen LogP contribution >= 0.6 is 34.5 Å². The Morgan fingerprint density at radius 3 is 2.86 bits per heavy atom. The van der Waals surface area contributed by atoms with Crippen LogP contribution in [0, 0.1) is 0 Å². The smallest absolute Gasteiger partial charge is 0.311 e. The van der Waals surface area contributed by atoms with Crippen molar-refractivity contribution in [3.05, 3.63) is 44.9 Å². The first-order valence-corrected chi connectivity index (χ1v) is 7.99. The minimum absolute atomic E-state index is 0.0676. The summed E-state index contributed by atoms with van der Waals surface area (Å²) in [7, 11) is 0. The van der Waals surface area contributed by atoms with Gasteiger partial charge in [0.1, 0.15) is 0 Å². The number of ether oxygens (including phenoxy) is 1. The summed E-state index contributed by atoms with van der Waals surface area (Å²) in [5.41, 5.74) is 0.798. The Kier molecular flexibility index (Phi) is 5.76. The summed E-state index contributed by atoms with van der Waals surface area (Å²) >= 11 is 13.0. The molecule has 0 aliphatic rings. The molecule has 1 aromatic heterocycles. The molecular formula is C14H12Cl2N2O3S. The summed E-state index contributed by atoms with van der Waals surface area (Å²) < 4.78 is 4.84. The van der Waals surface area contributed by atoms with Crippen LogP contribution in [-0.2, 0) is 16.0 Å². The molecule has 2 rings (SSSR count). The maximum atomic E-state index is 12.1. The quantitative estimate of drug-likeness (QED) is 0.825. The number of carbonyl (C=O) groups is 2. The van der Waals surface area contributed by atoms with Crippen molar-refractivity contribution < 1.29 is 14.3 Å². The first-order valence-electron chi connectivity index (χ1n) is 6.36. The normalized spacial score (nSPS) is 10.3. The number of aromatic nitrogens is 1. The number of esters is 1. The van der Waals surface area contributed by atoms with Crippen molar-refractivity contribution in [3.63, 3.8) is 0 Å². The molecule has 0 bridgehead atoms. The number of halogens is 2. The Bertz CT molecular complexity index is 703. The van der Waals surface area contributed by atoms with E-state index in [-0.39, 0.29) is 18.0 Å². The summed E-state index contributed by atoms with van der Waals surface area (Å²) in [6.07, 6.45) is 0.0676. The second-order valence-electron chi connectivity index (χ2n) is 4.20. The first-order chi connectivity index (χ1) is 10.5. The third-order valence-electron chi connectivity index (χ3n) is 2.58. The van der Waals surface area contributed by atoms with Crippen molar-refractivity contribution in [1.29, 1.82) is 0 Å². The Balaban J connectivity index is 2.05. The van der Waals surface area contributed by atoms with Gasteiger partial charge in [-0.25, -0.2) is 4.98 Å². The van der Waals surface area contributed by atoms with Crippen LogP contribution in [0.2, 0.25) is 10.0 Å². The van der Waals surface area contributed by atoms with Crippen molar-refractivity contribution >= 4 is 51.5 Å². The van der Waals surface area contributed by atoms with Gasteiger partial charge in [-0.3, -0.25) is 14.9 Å². The lowest BCUT2D eigenvalue weighted by Crippen LogP contribution is -2.13. The second kappa shape index (κ2) is 7.58. The highest BCUT2D eigenvalue weighted by atomic mass is 35.5. The molecule has 22 heavy (non-hydrogen) atoms.